The van der Waals surface area contributed by atoms with Crippen molar-refractivity contribution < 1.29 is 0 Å². The zero-order chi connectivity index (χ0) is 17.5. The SMILES string of the molecule is NC(=S)NN=Cc1ccc(N2CCN(Cc3ccccc3)CC2)cc1. The average Bonchev–Trinajstić information content (AvgIpc) is 2.64. The van der Waals surface area contributed by atoms with Crippen molar-refractivity contribution in [3.8, 4) is 0 Å². The van der Waals surface area contributed by atoms with E-state index in [2.05, 4.69) is 74.9 Å². The number of hydrazone groups is 1. The molecule has 1 saturated heterocycles. The minimum absolute atomic E-state index is 0.168. The molecule has 0 bridgehead atoms. The normalized spacial score (nSPS) is 15.4. The molecule has 0 saturated carbocycles. The van der Waals surface area contributed by atoms with Crippen molar-refractivity contribution in [1.29, 1.82) is 0 Å². The molecule has 25 heavy (non-hydrogen) atoms. The number of thiocarbonyl (C=S) groups is 1. The molecule has 2 aromatic carbocycles. The standard InChI is InChI=1S/C19H23N5S/c20-19(25)22-21-14-16-6-8-18(9-7-16)24-12-10-23(11-13-24)15-17-4-2-1-3-5-17/h1-9,14H,10-13,15H2,(H3,20,22,25). The van der Waals surface area contributed by atoms with Crippen LogP contribution in [0, 0.1) is 0 Å². The molecule has 0 aromatic heterocycles. The fourth-order valence-corrected chi connectivity index (χ4v) is 3.00. The molecule has 0 unspecified atom stereocenters. The van der Waals surface area contributed by atoms with Gasteiger partial charge in [-0.2, -0.15) is 5.10 Å². The highest BCUT2D eigenvalue weighted by atomic mass is 32.1. The molecule has 0 aliphatic carbocycles. The van der Waals surface area contributed by atoms with Crippen LogP contribution in [0.4, 0.5) is 5.69 Å². The summed E-state index contributed by atoms with van der Waals surface area (Å²) in [6.07, 6.45) is 1.71. The molecule has 3 N–H and O–H groups in total. The second-order valence-electron chi connectivity index (χ2n) is 6.07. The van der Waals surface area contributed by atoms with Crippen LogP contribution in [-0.2, 0) is 6.54 Å². The lowest BCUT2D eigenvalue weighted by molar-refractivity contribution is 0.250. The second-order valence-corrected chi connectivity index (χ2v) is 6.51. The van der Waals surface area contributed by atoms with Gasteiger partial charge in [-0.1, -0.05) is 42.5 Å². The largest absolute Gasteiger partial charge is 0.375 e. The Bertz CT molecular complexity index is 706. The van der Waals surface area contributed by atoms with Gasteiger partial charge >= 0.3 is 0 Å². The van der Waals surface area contributed by atoms with Crippen LogP contribution < -0.4 is 16.1 Å². The fraction of sp³-hybridized carbons (Fsp3) is 0.263. The van der Waals surface area contributed by atoms with E-state index in [1.54, 1.807) is 6.21 Å². The first-order valence-electron chi connectivity index (χ1n) is 8.40. The second kappa shape index (κ2) is 8.60. The summed E-state index contributed by atoms with van der Waals surface area (Å²) in [4.78, 5) is 4.93. The van der Waals surface area contributed by atoms with E-state index >= 15 is 0 Å². The molecule has 1 aliphatic rings. The van der Waals surface area contributed by atoms with Crippen LogP contribution in [0.3, 0.4) is 0 Å². The molecule has 5 nitrogen and oxygen atoms in total. The van der Waals surface area contributed by atoms with Gasteiger partial charge in [-0.05, 0) is 35.5 Å². The third-order valence-corrected chi connectivity index (χ3v) is 4.36. The highest BCUT2D eigenvalue weighted by molar-refractivity contribution is 7.80. The molecule has 6 heteroatoms. The Morgan fingerprint density at radius 2 is 1.72 bits per heavy atom. The van der Waals surface area contributed by atoms with E-state index in [4.69, 9.17) is 18.0 Å². The van der Waals surface area contributed by atoms with Gasteiger partial charge in [-0.25, -0.2) is 0 Å². The van der Waals surface area contributed by atoms with Gasteiger partial charge in [0.2, 0.25) is 0 Å². The van der Waals surface area contributed by atoms with E-state index in [0.717, 1.165) is 38.3 Å². The monoisotopic (exact) mass is 353 g/mol. The molecule has 1 fully saturated rings. The van der Waals surface area contributed by atoms with Gasteiger partial charge < -0.3 is 10.6 Å². The Kier molecular flexibility index (Phi) is 5.98. The smallest absolute Gasteiger partial charge is 0.184 e. The molecular formula is C19H23N5S. The zero-order valence-electron chi connectivity index (χ0n) is 14.1. The van der Waals surface area contributed by atoms with Gasteiger partial charge in [0.05, 0.1) is 6.21 Å². The van der Waals surface area contributed by atoms with Crippen LogP contribution in [0.25, 0.3) is 0 Å². The molecule has 0 radical (unpaired) electrons. The fourth-order valence-electron chi connectivity index (χ4n) is 2.95. The Balaban J connectivity index is 1.51. The molecule has 3 rings (SSSR count). The van der Waals surface area contributed by atoms with Crippen LogP contribution in [0.15, 0.2) is 59.7 Å². The van der Waals surface area contributed by atoms with Crippen LogP contribution >= 0.6 is 12.2 Å². The lowest BCUT2D eigenvalue weighted by Crippen LogP contribution is -2.45. The van der Waals surface area contributed by atoms with Crippen molar-refractivity contribution in [1.82, 2.24) is 10.3 Å². The number of hydrogen-bond donors (Lipinski definition) is 2. The predicted molar refractivity (Wildman–Crippen MR) is 108 cm³/mol. The number of nitrogens with zero attached hydrogens (tertiary/aromatic N) is 3. The summed E-state index contributed by atoms with van der Waals surface area (Å²) in [6, 6.07) is 19.0. The molecule has 2 aromatic rings. The Morgan fingerprint density at radius 3 is 2.36 bits per heavy atom. The Hall–Kier alpha value is -2.44. The average molecular weight is 353 g/mol. The molecule has 0 spiro atoms. The summed E-state index contributed by atoms with van der Waals surface area (Å²) < 4.78 is 0. The number of hydrogen-bond acceptors (Lipinski definition) is 4. The summed E-state index contributed by atoms with van der Waals surface area (Å²) in [7, 11) is 0. The minimum atomic E-state index is 0.168. The van der Waals surface area contributed by atoms with Gasteiger partial charge in [0.25, 0.3) is 0 Å². The minimum Gasteiger partial charge on any atom is -0.375 e. The number of nitrogens with one attached hydrogen (secondary N) is 1. The molecule has 0 amide bonds. The zero-order valence-corrected chi connectivity index (χ0v) is 15.0. The highest BCUT2D eigenvalue weighted by Gasteiger charge is 2.17. The van der Waals surface area contributed by atoms with E-state index in [-0.39, 0.29) is 5.11 Å². The lowest BCUT2D eigenvalue weighted by atomic mass is 10.1. The topological polar surface area (TPSA) is 56.9 Å². The van der Waals surface area contributed by atoms with E-state index in [1.165, 1.54) is 11.3 Å². The summed E-state index contributed by atoms with van der Waals surface area (Å²) in [6.45, 7) is 5.28. The van der Waals surface area contributed by atoms with Gasteiger partial charge in [-0.3, -0.25) is 10.3 Å². The van der Waals surface area contributed by atoms with Crippen LogP contribution in [-0.4, -0.2) is 42.4 Å². The van der Waals surface area contributed by atoms with E-state index in [1.807, 2.05) is 0 Å². The number of nitrogens with two attached hydrogens (primary N) is 1. The lowest BCUT2D eigenvalue weighted by Gasteiger charge is -2.36. The van der Waals surface area contributed by atoms with Crippen LogP contribution in [0.5, 0.6) is 0 Å². The predicted octanol–water partition coefficient (Wildman–Crippen LogP) is 2.18. The van der Waals surface area contributed by atoms with Crippen molar-refractivity contribution in [3.63, 3.8) is 0 Å². The maximum Gasteiger partial charge on any atom is 0.184 e. The van der Waals surface area contributed by atoms with E-state index in [0.29, 0.717) is 0 Å². The van der Waals surface area contributed by atoms with Gasteiger partial charge in [0, 0.05) is 38.4 Å². The molecule has 0 atom stereocenters. The summed E-state index contributed by atoms with van der Waals surface area (Å²) in [5, 5.41) is 4.14. The summed E-state index contributed by atoms with van der Waals surface area (Å²) >= 11 is 4.71. The van der Waals surface area contributed by atoms with Gasteiger partial charge in [0.1, 0.15) is 0 Å². The summed E-state index contributed by atoms with van der Waals surface area (Å²) in [5.41, 5.74) is 11.5. The first-order chi connectivity index (χ1) is 12.2. The summed E-state index contributed by atoms with van der Waals surface area (Å²) in [5.74, 6) is 0. The number of benzene rings is 2. The van der Waals surface area contributed by atoms with Crippen molar-refractivity contribution >= 4 is 29.2 Å². The first-order valence-corrected chi connectivity index (χ1v) is 8.81. The molecule has 1 heterocycles. The van der Waals surface area contributed by atoms with Crippen LogP contribution in [0.1, 0.15) is 11.1 Å². The van der Waals surface area contributed by atoms with E-state index < -0.39 is 0 Å². The number of piperazine rings is 1. The Labute approximate surface area is 154 Å². The third-order valence-electron chi connectivity index (χ3n) is 4.27. The number of rotatable bonds is 5. The first kappa shape index (κ1) is 17.4. The Morgan fingerprint density at radius 1 is 1.04 bits per heavy atom. The molecular weight excluding hydrogens is 330 g/mol. The van der Waals surface area contributed by atoms with Crippen molar-refractivity contribution in [3.05, 3.63) is 65.7 Å². The van der Waals surface area contributed by atoms with Crippen molar-refractivity contribution in [2.45, 2.75) is 6.54 Å². The van der Waals surface area contributed by atoms with E-state index in [9.17, 15) is 0 Å². The van der Waals surface area contributed by atoms with Crippen molar-refractivity contribution in [2.75, 3.05) is 31.1 Å². The quantitative estimate of drug-likeness (QED) is 0.490. The number of anilines is 1. The molecule has 130 valence electrons. The maximum atomic E-state index is 5.33. The third kappa shape index (κ3) is 5.27. The maximum absolute atomic E-state index is 5.33. The van der Waals surface area contributed by atoms with Crippen molar-refractivity contribution in [2.24, 2.45) is 10.8 Å². The molecule has 1 aliphatic heterocycles. The van der Waals surface area contributed by atoms with Gasteiger partial charge in [-0.15, -0.1) is 0 Å². The van der Waals surface area contributed by atoms with Gasteiger partial charge in [0.15, 0.2) is 5.11 Å². The van der Waals surface area contributed by atoms with Crippen LogP contribution in [0.2, 0.25) is 0 Å². The highest BCUT2D eigenvalue weighted by Crippen LogP contribution is 2.18.